The number of aryl methyl sites for hydroxylation is 2. The van der Waals surface area contributed by atoms with Crippen LogP contribution in [0.2, 0.25) is 5.02 Å². The van der Waals surface area contributed by atoms with Crippen LogP contribution in [0.3, 0.4) is 0 Å². The number of anilines is 1. The van der Waals surface area contributed by atoms with E-state index in [1.165, 1.54) is 11.0 Å². The smallest absolute Gasteiger partial charge is 0.408 e. The number of benzene rings is 2. The van der Waals surface area contributed by atoms with Crippen molar-refractivity contribution in [2.75, 3.05) is 11.1 Å². The van der Waals surface area contributed by atoms with Crippen molar-refractivity contribution < 1.29 is 24.2 Å². The van der Waals surface area contributed by atoms with Gasteiger partial charge in [-0.05, 0) is 90.3 Å². The van der Waals surface area contributed by atoms with E-state index in [0.717, 1.165) is 5.56 Å². The van der Waals surface area contributed by atoms with E-state index in [2.05, 4.69) is 23.3 Å². The molecule has 0 radical (unpaired) electrons. The van der Waals surface area contributed by atoms with Gasteiger partial charge in [0.15, 0.2) is 0 Å². The first kappa shape index (κ1) is 31.3. The molecule has 208 valence electrons. The molecule has 0 bridgehead atoms. The summed E-state index contributed by atoms with van der Waals surface area (Å²) in [5.74, 6) is -1.01. The quantitative estimate of drug-likeness (QED) is 0.319. The number of phenols is 1. The zero-order chi connectivity index (χ0) is 29.0. The lowest BCUT2D eigenvalue weighted by Crippen LogP contribution is -2.58. The predicted molar refractivity (Wildman–Crippen MR) is 154 cm³/mol. The monoisotopic (exact) mass is 563 g/mol. The molecule has 2 atom stereocenters. The molecule has 2 aromatic rings. The van der Waals surface area contributed by atoms with Gasteiger partial charge in [0, 0.05) is 11.3 Å². The summed E-state index contributed by atoms with van der Waals surface area (Å²) in [5, 5.41) is 16.0. The Bertz CT molecular complexity index is 1170. The molecule has 8 nitrogen and oxygen atoms in total. The summed E-state index contributed by atoms with van der Waals surface area (Å²) < 4.78 is 5.34. The normalized spacial score (nSPS) is 13.3. The third-order valence-corrected chi connectivity index (χ3v) is 6.33. The minimum absolute atomic E-state index is 0.0305. The molecule has 2 rings (SSSR count). The Morgan fingerprint density at radius 3 is 2.18 bits per heavy atom. The van der Waals surface area contributed by atoms with Crippen LogP contribution in [0.4, 0.5) is 10.5 Å². The summed E-state index contributed by atoms with van der Waals surface area (Å²) >= 11 is 10.7. The molecule has 2 aromatic carbocycles. The second-order valence-electron chi connectivity index (χ2n) is 11.1. The molecule has 0 spiro atoms. The highest BCUT2D eigenvalue weighted by atomic mass is 35.5. The summed E-state index contributed by atoms with van der Waals surface area (Å²) in [6.45, 7) is 14.1. The van der Waals surface area contributed by atoms with E-state index in [4.69, 9.17) is 16.3 Å². The van der Waals surface area contributed by atoms with Crippen molar-refractivity contribution in [1.29, 1.82) is 0 Å². The van der Waals surface area contributed by atoms with E-state index in [-0.39, 0.29) is 11.5 Å². The topological polar surface area (TPSA) is 108 Å². The second-order valence-corrected chi connectivity index (χ2v) is 11.9. The number of halogens is 1. The van der Waals surface area contributed by atoms with Gasteiger partial charge < -0.3 is 25.4 Å². The van der Waals surface area contributed by atoms with E-state index in [1.54, 1.807) is 72.7 Å². The highest BCUT2D eigenvalue weighted by Gasteiger charge is 2.42. The summed E-state index contributed by atoms with van der Waals surface area (Å²) in [7, 11) is 0. The van der Waals surface area contributed by atoms with Crippen molar-refractivity contribution in [1.82, 2.24) is 10.2 Å². The minimum Gasteiger partial charge on any atom is -0.508 e. The molecule has 10 heteroatoms. The summed E-state index contributed by atoms with van der Waals surface area (Å²) in [5.41, 5.74) is 0.543. The molecule has 0 fully saturated rings. The average molecular weight is 564 g/mol. The van der Waals surface area contributed by atoms with Gasteiger partial charge in [-0.15, -0.1) is 0 Å². The number of hydrogen-bond acceptors (Lipinski definition) is 6. The van der Waals surface area contributed by atoms with Crippen LogP contribution in [-0.2, 0) is 14.3 Å². The first-order valence-electron chi connectivity index (χ1n) is 12.2. The van der Waals surface area contributed by atoms with Gasteiger partial charge in [-0.2, -0.15) is 12.6 Å². The molecule has 0 aliphatic rings. The number of carbonyl (C=O) groups is 3. The fourth-order valence-corrected chi connectivity index (χ4v) is 4.41. The van der Waals surface area contributed by atoms with Crippen molar-refractivity contribution in [2.45, 2.75) is 78.6 Å². The molecule has 0 aromatic heterocycles. The number of carbonyl (C=O) groups excluding carboxylic acids is 3. The number of para-hydroxylation sites is 1. The average Bonchev–Trinajstić information content (AvgIpc) is 2.77. The fraction of sp³-hybridized carbons (Fsp3) is 0.464. The summed E-state index contributed by atoms with van der Waals surface area (Å²) in [6.07, 6.45) is -0.771. The van der Waals surface area contributed by atoms with Gasteiger partial charge >= 0.3 is 6.09 Å². The number of aromatic hydroxyl groups is 1. The third kappa shape index (κ3) is 8.04. The molecular weight excluding hydrogens is 526 g/mol. The van der Waals surface area contributed by atoms with E-state index < -0.39 is 41.1 Å². The molecule has 0 saturated heterocycles. The number of hydrogen-bond donors (Lipinski definition) is 4. The Hall–Kier alpha value is -2.91. The maximum atomic E-state index is 14.0. The fourth-order valence-electron chi connectivity index (χ4n) is 3.90. The number of nitrogens with zero attached hydrogens (tertiary/aromatic N) is 1. The predicted octanol–water partition coefficient (Wildman–Crippen LogP) is 5.79. The Morgan fingerprint density at radius 2 is 1.68 bits per heavy atom. The molecule has 0 aliphatic carbocycles. The minimum atomic E-state index is -1.14. The maximum absolute atomic E-state index is 14.0. The van der Waals surface area contributed by atoms with Crippen molar-refractivity contribution in [3.05, 3.63) is 58.1 Å². The lowest BCUT2D eigenvalue weighted by Gasteiger charge is -2.43. The van der Waals surface area contributed by atoms with Crippen LogP contribution in [0.1, 0.15) is 64.3 Å². The van der Waals surface area contributed by atoms with E-state index in [0.29, 0.717) is 21.8 Å². The molecule has 0 heterocycles. The van der Waals surface area contributed by atoms with Crippen molar-refractivity contribution in [3.8, 4) is 5.75 Å². The highest BCUT2D eigenvalue weighted by molar-refractivity contribution is 7.80. The van der Waals surface area contributed by atoms with E-state index >= 15 is 0 Å². The number of phenolic OH excluding ortho intramolecular Hbond substituents is 1. The van der Waals surface area contributed by atoms with Gasteiger partial charge in [-0.25, -0.2) is 4.79 Å². The SMILES string of the molecule is Cc1cc(C(C(=O)Nc2c(C)cccc2Cl)N(C(=O)C(CS)NC(=O)OC(C)(C)C)C(C)(C)C)ccc1O. The Morgan fingerprint density at radius 1 is 1.05 bits per heavy atom. The lowest BCUT2D eigenvalue weighted by atomic mass is 9.94. The zero-order valence-corrected chi connectivity index (χ0v) is 24.8. The number of alkyl carbamates (subject to hydrolysis) is 1. The second kappa shape index (κ2) is 12.3. The Kier molecular flexibility index (Phi) is 10.1. The van der Waals surface area contributed by atoms with E-state index in [9.17, 15) is 19.5 Å². The van der Waals surface area contributed by atoms with Gasteiger partial charge in [-0.1, -0.05) is 29.8 Å². The van der Waals surface area contributed by atoms with Gasteiger partial charge in [0.1, 0.15) is 23.4 Å². The van der Waals surface area contributed by atoms with Crippen LogP contribution in [0, 0.1) is 13.8 Å². The molecule has 2 unspecified atom stereocenters. The van der Waals surface area contributed by atoms with Crippen LogP contribution < -0.4 is 10.6 Å². The number of nitrogens with one attached hydrogen (secondary N) is 2. The first-order chi connectivity index (χ1) is 17.5. The van der Waals surface area contributed by atoms with Crippen LogP contribution in [0.15, 0.2) is 36.4 Å². The van der Waals surface area contributed by atoms with Gasteiger partial charge in [-0.3, -0.25) is 9.59 Å². The van der Waals surface area contributed by atoms with E-state index in [1.807, 2.05) is 13.0 Å². The molecule has 0 saturated carbocycles. The number of rotatable bonds is 7. The van der Waals surface area contributed by atoms with Crippen LogP contribution in [0.25, 0.3) is 0 Å². The lowest BCUT2D eigenvalue weighted by molar-refractivity contribution is -0.146. The van der Waals surface area contributed by atoms with Crippen molar-refractivity contribution in [3.63, 3.8) is 0 Å². The number of thiol groups is 1. The van der Waals surface area contributed by atoms with Crippen LogP contribution in [0.5, 0.6) is 5.75 Å². The zero-order valence-electron chi connectivity index (χ0n) is 23.2. The standard InChI is InChI=1S/C28H38ClN3O5S/c1-16-10-9-11-19(29)22(16)31-24(34)23(18-12-13-21(33)17(2)14-18)32(27(3,4)5)25(35)20(15-38)30-26(36)37-28(6,7)8/h9-14,20,23,33,38H,15H2,1-8H3,(H,30,36)(H,31,34). The molecule has 3 N–H and O–H groups in total. The molecule has 38 heavy (non-hydrogen) atoms. The Labute approximate surface area is 235 Å². The van der Waals surface area contributed by atoms with Crippen molar-refractivity contribution in [2.24, 2.45) is 0 Å². The third-order valence-electron chi connectivity index (χ3n) is 5.65. The van der Waals surface area contributed by atoms with Crippen LogP contribution >= 0.6 is 24.2 Å². The molecular formula is C28H38ClN3O5S. The number of amides is 3. The Balaban J connectivity index is 2.61. The summed E-state index contributed by atoms with van der Waals surface area (Å²) in [6, 6.07) is 7.76. The number of ether oxygens (including phenoxy) is 1. The van der Waals surface area contributed by atoms with Gasteiger partial charge in [0.05, 0.1) is 10.7 Å². The maximum Gasteiger partial charge on any atom is 0.408 e. The summed E-state index contributed by atoms with van der Waals surface area (Å²) in [4.78, 5) is 41.9. The largest absolute Gasteiger partial charge is 0.508 e. The van der Waals surface area contributed by atoms with Gasteiger partial charge in [0.25, 0.3) is 5.91 Å². The van der Waals surface area contributed by atoms with Crippen molar-refractivity contribution >= 4 is 47.8 Å². The van der Waals surface area contributed by atoms with Crippen LogP contribution in [-0.4, -0.2) is 50.8 Å². The highest BCUT2D eigenvalue weighted by Crippen LogP contribution is 2.34. The first-order valence-corrected chi connectivity index (χ1v) is 13.3. The molecule has 0 aliphatic heterocycles. The van der Waals surface area contributed by atoms with Gasteiger partial charge in [0.2, 0.25) is 5.91 Å². The molecule has 3 amide bonds.